The number of anilines is 1. The predicted octanol–water partition coefficient (Wildman–Crippen LogP) is 3.30. The van der Waals surface area contributed by atoms with Crippen molar-refractivity contribution >= 4 is 6.01 Å². The Hall–Kier alpha value is -1.88. The largest absolute Gasteiger partial charge is 0.407 e. The summed E-state index contributed by atoms with van der Waals surface area (Å²) < 4.78 is 5.61. The van der Waals surface area contributed by atoms with E-state index in [-0.39, 0.29) is 11.5 Å². The molecule has 120 valence electrons. The van der Waals surface area contributed by atoms with Crippen LogP contribution in [0.5, 0.6) is 0 Å². The van der Waals surface area contributed by atoms with E-state index in [1.165, 1.54) is 5.56 Å². The van der Waals surface area contributed by atoms with Crippen molar-refractivity contribution in [3.8, 4) is 0 Å². The summed E-state index contributed by atoms with van der Waals surface area (Å²) in [5.74, 6) is 0.627. The first-order chi connectivity index (χ1) is 10.4. The topological polar surface area (TPSA) is 54.2 Å². The van der Waals surface area contributed by atoms with Crippen molar-refractivity contribution in [2.24, 2.45) is 0 Å². The molecule has 1 unspecified atom stereocenters. The lowest BCUT2D eigenvalue weighted by atomic mass is 9.79. The van der Waals surface area contributed by atoms with Gasteiger partial charge in [0.2, 0.25) is 5.89 Å². The van der Waals surface area contributed by atoms with Crippen LogP contribution < -0.4 is 5.32 Å². The summed E-state index contributed by atoms with van der Waals surface area (Å²) in [4.78, 5) is 2.00. The molecule has 1 heterocycles. The number of nitrogens with one attached hydrogen (secondary N) is 1. The number of nitrogens with zero attached hydrogens (tertiary/aromatic N) is 3. The first kappa shape index (κ1) is 16.5. The van der Waals surface area contributed by atoms with Crippen LogP contribution in [0.25, 0.3) is 0 Å². The summed E-state index contributed by atoms with van der Waals surface area (Å²) in [7, 11) is 3.95. The number of benzene rings is 1. The van der Waals surface area contributed by atoms with Crippen molar-refractivity contribution < 1.29 is 4.42 Å². The van der Waals surface area contributed by atoms with Crippen molar-refractivity contribution in [2.75, 3.05) is 19.4 Å². The fraction of sp³-hybridized carbons (Fsp3) is 0.529. The first-order valence-corrected chi connectivity index (χ1v) is 7.66. The lowest BCUT2D eigenvalue weighted by Gasteiger charge is -2.28. The summed E-state index contributed by atoms with van der Waals surface area (Å²) in [6.07, 6.45) is 0.975. The lowest BCUT2D eigenvalue weighted by molar-refractivity contribution is 0.343. The van der Waals surface area contributed by atoms with Crippen molar-refractivity contribution in [3.05, 3.63) is 41.8 Å². The highest BCUT2D eigenvalue weighted by atomic mass is 16.4. The van der Waals surface area contributed by atoms with Gasteiger partial charge in [0.15, 0.2) is 0 Å². The molecule has 0 radical (unpaired) electrons. The second-order valence-electron chi connectivity index (χ2n) is 6.74. The van der Waals surface area contributed by atoms with Crippen LogP contribution in [0.3, 0.4) is 0 Å². The van der Waals surface area contributed by atoms with E-state index in [0.717, 1.165) is 6.42 Å². The van der Waals surface area contributed by atoms with Gasteiger partial charge in [0.05, 0.1) is 6.54 Å². The molecule has 0 aliphatic heterocycles. The Morgan fingerprint density at radius 3 is 2.50 bits per heavy atom. The third-order valence-corrected chi connectivity index (χ3v) is 3.66. The van der Waals surface area contributed by atoms with E-state index in [0.29, 0.717) is 18.5 Å². The summed E-state index contributed by atoms with van der Waals surface area (Å²) in [5.41, 5.74) is 1.42. The molecule has 0 aliphatic carbocycles. The second-order valence-corrected chi connectivity index (χ2v) is 6.74. The lowest BCUT2D eigenvalue weighted by Crippen LogP contribution is -2.27. The quantitative estimate of drug-likeness (QED) is 0.850. The monoisotopic (exact) mass is 302 g/mol. The van der Waals surface area contributed by atoms with E-state index < -0.39 is 0 Å². The van der Waals surface area contributed by atoms with E-state index in [1.807, 2.05) is 25.1 Å². The van der Waals surface area contributed by atoms with E-state index in [4.69, 9.17) is 4.42 Å². The van der Waals surface area contributed by atoms with Gasteiger partial charge in [-0.15, -0.1) is 5.10 Å². The van der Waals surface area contributed by atoms with Gasteiger partial charge < -0.3 is 14.6 Å². The Labute approximate surface area is 132 Å². The molecule has 0 saturated carbocycles. The molecule has 5 nitrogen and oxygen atoms in total. The molecule has 1 N–H and O–H groups in total. The van der Waals surface area contributed by atoms with E-state index in [2.05, 4.69) is 60.6 Å². The highest BCUT2D eigenvalue weighted by Gasteiger charge is 2.24. The van der Waals surface area contributed by atoms with Gasteiger partial charge in [0.25, 0.3) is 0 Å². The van der Waals surface area contributed by atoms with Gasteiger partial charge in [0.1, 0.15) is 0 Å². The zero-order valence-corrected chi connectivity index (χ0v) is 14.1. The Kier molecular flexibility index (Phi) is 5.19. The molecule has 0 saturated heterocycles. The molecular formula is C17H26N4O. The molecule has 0 fully saturated rings. The van der Waals surface area contributed by atoms with Crippen LogP contribution in [0.15, 0.2) is 34.7 Å². The first-order valence-electron chi connectivity index (χ1n) is 7.66. The van der Waals surface area contributed by atoms with Crippen molar-refractivity contribution in [1.82, 2.24) is 15.1 Å². The standard InChI is InChI=1S/C17H26N4O/c1-13(11-17(2,3)14-9-7-6-8-10-14)18-16-20-19-15(22-16)12-21(4)5/h6-10,13H,11-12H2,1-5H3,(H,18,20). The average Bonchev–Trinajstić information content (AvgIpc) is 2.85. The number of hydrogen-bond acceptors (Lipinski definition) is 5. The highest BCUT2D eigenvalue weighted by molar-refractivity contribution is 5.25. The van der Waals surface area contributed by atoms with Crippen LogP contribution in [-0.2, 0) is 12.0 Å². The minimum atomic E-state index is 0.0835. The second kappa shape index (κ2) is 6.92. The van der Waals surface area contributed by atoms with Gasteiger partial charge in [-0.1, -0.05) is 49.3 Å². The molecule has 1 atom stereocenters. The Bertz CT molecular complexity index is 577. The van der Waals surface area contributed by atoms with Crippen LogP contribution in [0.1, 0.15) is 38.6 Å². The third-order valence-electron chi connectivity index (χ3n) is 3.66. The molecule has 22 heavy (non-hydrogen) atoms. The maximum atomic E-state index is 5.61. The van der Waals surface area contributed by atoms with E-state index >= 15 is 0 Å². The fourth-order valence-corrected chi connectivity index (χ4v) is 2.68. The minimum Gasteiger partial charge on any atom is -0.407 e. The van der Waals surface area contributed by atoms with Gasteiger partial charge in [-0.3, -0.25) is 0 Å². The van der Waals surface area contributed by atoms with E-state index in [1.54, 1.807) is 0 Å². The zero-order valence-electron chi connectivity index (χ0n) is 14.1. The summed E-state index contributed by atoms with van der Waals surface area (Å²) >= 11 is 0. The molecule has 5 heteroatoms. The molecule has 0 spiro atoms. The normalized spacial score (nSPS) is 13.4. The van der Waals surface area contributed by atoms with Gasteiger partial charge in [-0.05, 0) is 38.4 Å². The SMILES string of the molecule is CC(CC(C)(C)c1ccccc1)Nc1nnc(CN(C)C)o1. The maximum absolute atomic E-state index is 5.61. The predicted molar refractivity (Wildman–Crippen MR) is 88.9 cm³/mol. The van der Waals surface area contributed by atoms with Crippen LogP contribution >= 0.6 is 0 Å². The van der Waals surface area contributed by atoms with Crippen LogP contribution in [0.4, 0.5) is 6.01 Å². The molecule has 0 amide bonds. The summed E-state index contributed by atoms with van der Waals surface area (Å²) in [6.45, 7) is 7.30. The van der Waals surface area contributed by atoms with Gasteiger partial charge in [-0.2, -0.15) is 0 Å². The third kappa shape index (κ3) is 4.56. The fourth-order valence-electron chi connectivity index (χ4n) is 2.68. The minimum absolute atomic E-state index is 0.0835. The van der Waals surface area contributed by atoms with Gasteiger partial charge >= 0.3 is 6.01 Å². The molecule has 1 aromatic carbocycles. The van der Waals surface area contributed by atoms with Gasteiger partial charge in [0, 0.05) is 6.04 Å². The summed E-state index contributed by atoms with van der Waals surface area (Å²) in [6, 6.07) is 11.3. The maximum Gasteiger partial charge on any atom is 0.315 e. The summed E-state index contributed by atoms with van der Waals surface area (Å²) in [5, 5.41) is 11.4. The molecule has 0 bridgehead atoms. The molecule has 2 aromatic rings. The molecular weight excluding hydrogens is 276 g/mol. The smallest absolute Gasteiger partial charge is 0.315 e. The number of rotatable bonds is 7. The number of aromatic nitrogens is 2. The van der Waals surface area contributed by atoms with Crippen molar-refractivity contribution in [3.63, 3.8) is 0 Å². The molecule has 1 aromatic heterocycles. The van der Waals surface area contributed by atoms with Crippen LogP contribution in [0, 0.1) is 0 Å². The van der Waals surface area contributed by atoms with E-state index in [9.17, 15) is 0 Å². The Morgan fingerprint density at radius 1 is 1.18 bits per heavy atom. The van der Waals surface area contributed by atoms with Crippen LogP contribution in [-0.4, -0.2) is 35.2 Å². The average molecular weight is 302 g/mol. The van der Waals surface area contributed by atoms with Gasteiger partial charge in [-0.25, -0.2) is 0 Å². The highest BCUT2D eigenvalue weighted by Crippen LogP contribution is 2.29. The molecule has 0 aliphatic rings. The van der Waals surface area contributed by atoms with Crippen molar-refractivity contribution in [2.45, 2.75) is 45.2 Å². The Morgan fingerprint density at radius 2 is 1.86 bits per heavy atom. The van der Waals surface area contributed by atoms with Crippen molar-refractivity contribution in [1.29, 1.82) is 0 Å². The molecule has 2 rings (SSSR count). The number of hydrogen-bond donors (Lipinski definition) is 1. The van der Waals surface area contributed by atoms with Crippen LogP contribution in [0.2, 0.25) is 0 Å². The Balaban J connectivity index is 1.95. The zero-order chi connectivity index (χ0) is 16.2.